The zero-order valence-corrected chi connectivity index (χ0v) is 22.3. The van der Waals surface area contributed by atoms with Gasteiger partial charge in [-0.15, -0.1) is 0 Å². The molecule has 0 saturated heterocycles. The van der Waals surface area contributed by atoms with Crippen LogP contribution in [-0.2, 0) is 6.18 Å². The van der Waals surface area contributed by atoms with Crippen LogP contribution in [0, 0.1) is 0 Å². The first kappa shape index (κ1) is 29.7. The molecule has 0 radical (unpaired) electrons. The number of rotatable bonds is 8. The van der Waals surface area contributed by atoms with Gasteiger partial charge in [0.2, 0.25) is 0 Å². The highest BCUT2D eigenvalue weighted by atomic mass is 79.9. The van der Waals surface area contributed by atoms with Crippen LogP contribution in [-0.4, -0.2) is 29.6 Å². The third kappa shape index (κ3) is 8.52. The van der Waals surface area contributed by atoms with Gasteiger partial charge in [-0.1, -0.05) is 44.8 Å². The summed E-state index contributed by atoms with van der Waals surface area (Å²) in [7, 11) is 0. The van der Waals surface area contributed by atoms with Crippen molar-refractivity contribution in [3.8, 4) is 0 Å². The number of benzene rings is 2. The van der Waals surface area contributed by atoms with E-state index in [1.54, 1.807) is 6.92 Å². The molecule has 2 nitrogen and oxygen atoms in total. The number of amides is 1. The molecule has 192 valence electrons. The monoisotopic (exact) mass is 649 g/mol. The van der Waals surface area contributed by atoms with Crippen molar-refractivity contribution >= 4 is 55.4 Å². The molecule has 0 bridgehead atoms. The third-order valence-electron chi connectivity index (χ3n) is 4.70. The molecule has 2 unspecified atom stereocenters. The number of thioether (sulfide) groups is 1. The maximum absolute atomic E-state index is 14.9. The first-order valence-electron chi connectivity index (χ1n) is 10.1. The lowest BCUT2D eigenvalue weighted by atomic mass is 9.95. The minimum atomic E-state index is -5.04. The van der Waals surface area contributed by atoms with Crippen molar-refractivity contribution in [2.45, 2.75) is 38.2 Å². The Morgan fingerprint density at radius 3 is 2.17 bits per heavy atom. The molecule has 0 spiro atoms. The summed E-state index contributed by atoms with van der Waals surface area (Å²) in [5, 5.41) is 2.45. The van der Waals surface area contributed by atoms with E-state index in [2.05, 4.69) is 37.2 Å². The fourth-order valence-corrected chi connectivity index (χ4v) is 5.14. The summed E-state index contributed by atoms with van der Waals surface area (Å²) in [6.45, 7) is 3.52. The summed E-state index contributed by atoms with van der Waals surface area (Å²) in [5.41, 5.74) is -3.24. The van der Waals surface area contributed by atoms with Crippen LogP contribution in [0.2, 0.25) is 0 Å². The van der Waals surface area contributed by atoms with E-state index in [9.17, 15) is 35.5 Å². The lowest BCUT2D eigenvalue weighted by Gasteiger charge is -2.19. The molecule has 2 aromatic rings. The van der Waals surface area contributed by atoms with Crippen molar-refractivity contribution < 1.29 is 35.5 Å². The number of hydrogen-bond acceptors (Lipinski definition) is 2. The van der Waals surface area contributed by atoms with E-state index in [0.717, 1.165) is 30.0 Å². The van der Waals surface area contributed by atoms with Crippen molar-refractivity contribution in [3.63, 3.8) is 0 Å². The van der Waals surface area contributed by atoms with Gasteiger partial charge < -0.3 is 5.32 Å². The van der Waals surface area contributed by atoms with Crippen molar-refractivity contribution in [3.05, 3.63) is 73.7 Å². The molecule has 2 atom stereocenters. The summed E-state index contributed by atoms with van der Waals surface area (Å²) >= 11 is 7.62. The summed E-state index contributed by atoms with van der Waals surface area (Å²) in [6.07, 6.45) is -9.74. The van der Waals surface area contributed by atoms with Gasteiger partial charge in [-0.3, -0.25) is 4.79 Å². The average Bonchev–Trinajstić information content (AvgIpc) is 2.73. The second-order valence-electron chi connectivity index (χ2n) is 7.53. The lowest BCUT2D eigenvalue weighted by Crippen LogP contribution is -2.35. The number of nitrogens with one attached hydrogen (secondary N) is 1. The third-order valence-corrected chi connectivity index (χ3v) is 6.76. The highest BCUT2D eigenvalue weighted by Gasteiger charge is 2.40. The SMILES string of the molecule is CCSCC(C)NC(=O)c1ccc(/C(F)=C/C(c2cc(Br)cc(Br)c2)C(F)(F)F)cc1C(F)(F)F. The van der Waals surface area contributed by atoms with Crippen LogP contribution in [0.1, 0.15) is 46.8 Å². The molecule has 35 heavy (non-hydrogen) atoms. The summed E-state index contributed by atoms with van der Waals surface area (Å²) < 4.78 is 97.7. The number of hydrogen-bond donors (Lipinski definition) is 1. The zero-order chi connectivity index (χ0) is 26.6. The van der Waals surface area contributed by atoms with E-state index in [1.165, 1.54) is 17.8 Å². The Bertz CT molecular complexity index is 1070. The Labute approximate surface area is 219 Å². The number of carbonyl (C=O) groups is 1. The van der Waals surface area contributed by atoms with Crippen molar-refractivity contribution in [2.75, 3.05) is 11.5 Å². The van der Waals surface area contributed by atoms with Crippen LogP contribution in [0.25, 0.3) is 5.83 Å². The Balaban J connectivity index is 2.49. The van der Waals surface area contributed by atoms with E-state index in [1.807, 2.05) is 6.92 Å². The number of halogens is 9. The van der Waals surface area contributed by atoms with Crippen LogP contribution in [0.3, 0.4) is 0 Å². The molecular weight excluding hydrogens is 631 g/mol. The van der Waals surface area contributed by atoms with Crippen molar-refractivity contribution in [2.24, 2.45) is 0 Å². The molecule has 2 rings (SSSR count). The fraction of sp³-hybridized carbons (Fsp3) is 0.348. The van der Waals surface area contributed by atoms with Gasteiger partial charge in [0.05, 0.1) is 11.1 Å². The van der Waals surface area contributed by atoms with Gasteiger partial charge in [-0.05, 0) is 54.6 Å². The van der Waals surface area contributed by atoms with Gasteiger partial charge in [0.25, 0.3) is 5.91 Å². The quantitative estimate of drug-likeness (QED) is 0.290. The van der Waals surface area contributed by atoms with Gasteiger partial charge in [0.15, 0.2) is 0 Å². The first-order valence-corrected chi connectivity index (χ1v) is 12.9. The second kappa shape index (κ2) is 12.1. The molecular formula is C23H20Br2F7NOS. The Morgan fingerprint density at radius 2 is 1.66 bits per heavy atom. The van der Waals surface area contributed by atoms with Gasteiger partial charge in [-0.25, -0.2) is 4.39 Å². The van der Waals surface area contributed by atoms with Crippen LogP contribution >= 0.6 is 43.6 Å². The topological polar surface area (TPSA) is 29.1 Å². The molecule has 1 N–H and O–H groups in total. The average molecular weight is 651 g/mol. The predicted molar refractivity (Wildman–Crippen MR) is 131 cm³/mol. The molecule has 0 aliphatic heterocycles. The molecule has 12 heteroatoms. The minimum Gasteiger partial charge on any atom is -0.349 e. The Hall–Kier alpha value is -1.53. The summed E-state index contributed by atoms with van der Waals surface area (Å²) in [4.78, 5) is 12.4. The van der Waals surface area contributed by atoms with E-state index in [4.69, 9.17) is 0 Å². The maximum atomic E-state index is 14.9. The van der Waals surface area contributed by atoms with E-state index in [0.29, 0.717) is 20.8 Å². The molecule has 0 aliphatic rings. The molecule has 0 fully saturated rings. The smallest absolute Gasteiger partial charge is 0.349 e. The van der Waals surface area contributed by atoms with E-state index in [-0.39, 0.29) is 11.6 Å². The largest absolute Gasteiger partial charge is 0.417 e. The van der Waals surface area contributed by atoms with E-state index >= 15 is 0 Å². The molecule has 0 heterocycles. The number of allylic oxidation sites excluding steroid dienone is 1. The minimum absolute atomic E-state index is 0.216. The van der Waals surface area contributed by atoms with Crippen LogP contribution in [0.4, 0.5) is 30.7 Å². The first-order chi connectivity index (χ1) is 16.1. The van der Waals surface area contributed by atoms with Gasteiger partial charge >= 0.3 is 12.4 Å². The number of carbonyl (C=O) groups excluding carboxylic acids is 1. The summed E-state index contributed by atoms with van der Waals surface area (Å²) in [6, 6.07) is 5.29. The van der Waals surface area contributed by atoms with Gasteiger partial charge in [0.1, 0.15) is 11.7 Å². The highest BCUT2D eigenvalue weighted by Crippen LogP contribution is 2.41. The van der Waals surface area contributed by atoms with Crippen molar-refractivity contribution in [1.29, 1.82) is 0 Å². The maximum Gasteiger partial charge on any atom is 0.417 e. The Morgan fingerprint density at radius 1 is 1.06 bits per heavy atom. The fourth-order valence-electron chi connectivity index (χ4n) is 3.14. The van der Waals surface area contributed by atoms with Gasteiger partial charge in [-0.2, -0.15) is 38.1 Å². The normalized spacial score (nSPS) is 14.5. The standard InChI is InChI=1S/C23H20Br2F7NOS/c1-3-35-11-12(2)33-21(34)17-5-4-13(8-19(17)23(30,31)32)20(26)10-18(22(27,28)29)14-6-15(24)9-16(25)7-14/h4-10,12,18H,3,11H2,1-2H3,(H,33,34)/b20-10-. The zero-order valence-electron chi connectivity index (χ0n) is 18.3. The van der Waals surface area contributed by atoms with Crippen LogP contribution < -0.4 is 5.32 Å². The van der Waals surface area contributed by atoms with Crippen LogP contribution in [0.15, 0.2) is 51.4 Å². The Kier molecular flexibility index (Phi) is 10.3. The van der Waals surface area contributed by atoms with Crippen molar-refractivity contribution in [1.82, 2.24) is 5.32 Å². The van der Waals surface area contributed by atoms with Crippen LogP contribution in [0.5, 0.6) is 0 Å². The lowest BCUT2D eigenvalue weighted by molar-refractivity contribution is -0.140. The van der Waals surface area contributed by atoms with Gasteiger partial charge in [0, 0.05) is 26.3 Å². The summed E-state index contributed by atoms with van der Waals surface area (Å²) in [5.74, 6) is -3.71. The van der Waals surface area contributed by atoms with E-state index < -0.39 is 52.7 Å². The second-order valence-corrected chi connectivity index (χ2v) is 10.7. The predicted octanol–water partition coefficient (Wildman–Crippen LogP) is 8.76. The molecule has 1 amide bonds. The molecule has 0 saturated carbocycles. The highest BCUT2D eigenvalue weighted by molar-refractivity contribution is 9.11. The molecule has 0 aliphatic carbocycles. The molecule has 0 aromatic heterocycles. The molecule has 2 aromatic carbocycles. The number of alkyl halides is 6.